The van der Waals surface area contributed by atoms with Gasteiger partial charge in [0, 0.05) is 37.5 Å². The monoisotopic (exact) mass is 309 g/mol. The molecule has 116 valence electrons. The van der Waals surface area contributed by atoms with Gasteiger partial charge in [-0.15, -0.1) is 0 Å². The number of nitro groups is 1. The van der Waals surface area contributed by atoms with Crippen molar-refractivity contribution in [3.8, 4) is 6.07 Å². The summed E-state index contributed by atoms with van der Waals surface area (Å²) in [5, 5.41) is 20.1. The van der Waals surface area contributed by atoms with Crippen LogP contribution < -0.4 is 4.90 Å². The van der Waals surface area contributed by atoms with Crippen LogP contribution in [0.3, 0.4) is 0 Å². The Morgan fingerprint density at radius 1 is 1.43 bits per heavy atom. The highest BCUT2D eigenvalue weighted by molar-refractivity contribution is 5.57. The van der Waals surface area contributed by atoms with Crippen molar-refractivity contribution < 1.29 is 4.92 Å². The molecule has 0 radical (unpaired) electrons. The van der Waals surface area contributed by atoms with Crippen molar-refractivity contribution in [2.45, 2.75) is 18.8 Å². The Kier molecular flexibility index (Phi) is 4.15. The molecule has 1 aliphatic rings. The molecule has 0 aromatic carbocycles. The van der Waals surface area contributed by atoms with E-state index in [0.717, 1.165) is 31.5 Å². The molecule has 0 bridgehead atoms. The summed E-state index contributed by atoms with van der Waals surface area (Å²) in [4.78, 5) is 20.7. The van der Waals surface area contributed by atoms with E-state index < -0.39 is 4.92 Å². The number of hydrogen-bond donors (Lipinski definition) is 0. The van der Waals surface area contributed by atoms with Crippen LogP contribution in [0.25, 0.3) is 0 Å². The second kappa shape index (κ2) is 6.40. The van der Waals surface area contributed by atoms with Gasteiger partial charge in [0.25, 0.3) is 5.69 Å². The molecular weight excluding hydrogens is 294 g/mol. The minimum Gasteiger partial charge on any atom is -0.355 e. The summed E-state index contributed by atoms with van der Waals surface area (Å²) in [5.41, 5.74) is 1.25. The zero-order chi connectivity index (χ0) is 16.2. The van der Waals surface area contributed by atoms with E-state index in [1.165, 1.54) is 12.3 Å². The Morgan fingerprint density at radius 3 is 3.00 bits per heavy atom. The summed E-state index contributed by atoms with van der Waals surface area (Å²) in [5.74, 6) is 0.840. The Morgan fingerprint density at radius 2 is 2.30 bits per heavy atom. The summed E-state index contributed by atoms with van der Waals surface area (Å²) >= 11 is 0. The predicted octanol–water partition coefficient (Wildman–Crippen LogP) is 2.64. The first-order chi connectivity index (χ1) is 11.2. The average Bonchev–Trinajstić information content (AvgIpc) is 2.62. The number of pyridine rings is 2. The van der Waals surface area contributed by atoms with Crippen LogP contribution in [0.1, 0.15) is 29.9 Å². The van der Waals surface area contributed by atoms with Crippen molar-refractivity contribution in [1.82, 2.24) is 9.97 Å². The second-order valence-electron chi connectivity index (χ2n) is 5.51. The van der Waals surface area contributed by atoms with Gasteiger partial charge in [0.1, 0.15) is 23.6 Å². The fourth-order valence-corrected chi connectivity index (χ4v) is 2.94. The van der Waals surface area contributed by atoms with Crippen LogP contribution in [0.15, 0.2) is 36.8 Å². The van der Waals surface area contributed by atoms with E-state index in [1.54, 1.807) is 6.20 Å². The molecule has 0 saturated carbocycles. The summed E-state index contributed by atoms with van der Waals surface area (Å²) in [7, 11) is 0. The molecule has 2 aromatic heterocycles. The van der Waals surface area contributed by atoms with Gasteiger partial charge in [0.05, 0.1) is 4.92 Å². The molecule has 1 atom stereocenters. The Bertz CT molecular complexity index is 757. The minimum absolute atomic E-state index is 0.161. The van der Waals surface area contributed by atoms with E-state index in [-0.39, 0.29) is 11.3 Å². The van der Waals surface area contributed by atoms with E-state index in [9.17, 15) is 15.4 Å². The zero-order valence-electron chi connectivity index (χ0n) is 12.4. The Balaban J connectivity index is 1.87. The molecule has 0 aliphatic carbocycles. The van der Waals surface area contributed by atoms with Gasteiger partial charge in [0.15, 0.2) is 0 Å². The van der Waals surface area contributed by atoms with E-state index in [1.807, 2.05) is 23.2 Å². The van der Waals surface area contributed by atoms with Crippen molar-refractivity contribution in [1.29, 1.82) is 5.26 Å². The normalized spacial score (nSPS) is 17.5. The lowest BCUT2D eigenvalue weighted by molar-refractivity contribution is -0.385. The average molecular weight is 309 g/mol. The fraction of sp³-hybridized carbons (Fsp3) is 0.312. The maximum atomic E-state index is 10.8. The topological polar surface area (TPSA) is 95.9 Å². The van der Waals surface area contributed by atoms with Crippen LogP contribution in [0.5, 0.6) is 0 Å². The molecule has 3 heterocycles. The lowest BCUT2D eigenvalue weighted by atomic mass is 9.91. The van der Waals surface area contributed by atoms with Gasteiger partial charge in [-0.3, -0.25) is 15.1 Å². The highest BCUT2D eigenvalue weighted by Crippen LogP contribution is 2.31. The molecule has 2 aromatic rings. The molecule has 0 amide bonds. The van der Waals surface area contributed by atoms with Crippen molar-refractivity contribution in [3.63, 3.8) is 0 Å². The molecule has 1 aliphatic heterocycles. The smallest absolute Gasteiger partial charge is 0.289 e. The summed E-state index contributed by atoms with van der Waals surface area (Å²) in [6, 6.07) is 7.28. The van der Waals surface area contributed by atoms with Gasteiger partial charge in [-0.1, -0.05) is 6.07 Å². The number of nitriles is 1. The van der Waals surface area contributed by atoms with Crippen LogP contribution in [-0.2, 0) is 0 Å². The highest BCUT2D eigenvalue weighted by atomic mass is 16.6. The Hall–Kier alpha value is -3.01. The van der Waals surface area contributed by atoms with Crippen molar-refractivity contribution in [3.05, 3.63) is 58.0 Å². The van der Waals surface area contributed by atoms with Crippen LogP contribution in [-0.4, -0.2) is 28.0 Å². The van der Waals surface area contributed by atoms with Crippen LogP contribution >= 0.6 is 0 Å². The number of aromatic nitrogens is 2. The zero-order valence-corrected chi connectivity index (χ0v) is 12.4. The molecule has 3 rings (SSSR count). The standard InChI is InChI=1S/C16H15N5O2/c17-8-14-7-15(21(22)23)10-19-16(14)20-6-2-4-13(11-20)12-3-1-5-18-9-12/h1,3,5,7,9-10,13H,2,4,6,11H2. The van der Waals surface area contributed by atoms with Crippen molar-refractivity contribution in [2.24, 2.45) is 0 Å². The largest absolute Gasteiger partial charge is 0.355 e. The van der Waals surface area contributed by atoms with Gasteiger partial charge in [-0.25, -0.2) is 4.98 Å². The first-order valence-corrected chi connectivity index (χ1v) is 7.38. The summed E-state index contributed by atoms with van der Waals surface area (Å²) in [6.45, 7) is 1.52. The van der Waals surface area contributed by atoms with E-state index in [4.69, 9.17) is 0 Å². The number of rotatable bonds is 3. The van der Waals surface area contributed by atoms with E-state index in [2.05, 4.69) is 16.0 Å². The molecule has 1 unspecified atom stereocenters. The SMILES string of the molecule is N#Cc1cc([N+](=O)[O-])cnc1N1CCCC(c2cccnc2)C1. The first kappa shape index (κ1) is 14.9. The Labute approximate surface area is 133 Å². The molecule has 7 nitrogen and oxygen atoms in total. The maximum absolute atomic E-state index is 10.8. The number of piperidine rings is 1. The lowest BCUT2D eigenvalue weighted by Crippen LogP contribution is -2.35. The summed E-state index contributed by atoms with van der Waals surface area (Å²) < 4.78 is 0. The van der Waals surface area contributed by atoms with Crippen molar-refractivity contribution in [2.75, 3.05) is 18.0 Å². The van der Waals surface area contributed by atoms with E-state index >= 15 is 0 Å². The molecule has 7 heteroatoms. The maximum Gasteiger partial charge on any atom is 0.289 e. The molecule has 0 N–H and O–H groups in total. The van der Waals surface area contributed by atoms with Crippen LogP contribution in [0, 0.1) is 21.4 Å². The third kappa shape index (κ3) is 3.11. The highest BCUT2D eigenvalue weighted by Gasteiger charge is 2.25. The number of anilines is 1. The van der Waals surface area contributed by atoms with Gasteiger partial charge >= 0.3 is 0 Å². The molecule has 1 fully saturated rings. The van der Waals surface area contributed by atoms with E-state index in [0.29, 0.717) is 11.7 Å². The molecule has 1 saturated heterocycles. The molecular formula is C16H15N5O2. The van der Waals surface area contributed by atoms with Gasteiger partial charge in [-0.05, 0) is 24.5 Å². The van der Waals surface area contributed by atoms with Gasteiger partial charge in [0.2, 0.25) is 0 Å². The minimum atomic E-state index is -0.535. The van der Waals surface area contributed by atoms with Gasteiger partial charge in [-0.2, -0.15) is 5.26 Å². The molecule has 23 heavy (non-hydrogen) atoms. The quantitative estimate of drug-likeness (QED) is 0.638. The number of hydrogen-bond acceptors (Lipinski definition) is 6. The van der Waals surface area contributed by atoms with Crippen molar-refractivity contribution >= 4 is 11.5 Å². The van der Waals surface area contributed by atoms with Crippen LogP contribution in [0.2, 0.25) is 0 Å². The first-order valence-electron chi connectivity index (χ1n) is 7.38. The third-order valence-electron chi connectivity index (χ3n) is 4.06. The third-order valence-corrected chi connectivity index (χ3v) is 4.06. The number of nitrogens with zero attached hydrogens (tertiary/aromatic N) is 5. The fourth-order valence-electron chi connectivity index (χ4n) is 2.94. The lowest BCUT2D eigenvalue weighted by Gasteiger charge is -2.34. The molecule has 0 spiro atoms. The second-order valence-corrected chi connectivity index (χ2v) is 5.51. The summed E-state index contributed by atoms with van der Waals surface area (Å²) in [6.07, 6.45) is 6.85. The van der Waals surface area contributed by atoms with Gasteiger partial charge < -0.3 is 4.90 Å². The van der Waals surface area contributed by atoms with Crippen LogP contribution in [0.4, 0.5) is 11.5 Å². The predicted molar refractivity (Wildman–Crippen MR) is 84.0 cm³/mol.